The fourth-order valence-electron chi connectivity index (χ4n) is 2.52. The van der Waals surface area contributed by atoms with Crippen LogP contribution >= 0.6 is 0 Å². The molecule has 2 rings (SSSR count). The Kier molecular flexibility index (Phi) is 5.62. The average molecular weight is 338 g/mol. The second-order valence-corrected chi connectivity index (χ2v) is 7.13. The molecule has 1 amide bonds. The lowest BCUT2D eigenvalue weighted by Gasteiger charge is -2.18. The average Bonchev–Trinajstić information content (AvgIpc) is 2.58. The van der Waals surface area contributed by atoms with Crippen molar-refractivity contribution in [2.24, 2.45) is 5.10 Å². The minimum absolute atomic E-state index is 0.0664. The van der Waals surface area contributed by atoms with Crippen LogP contribution in [0.4, 0.5) is 0 Å². The molecule has 2 aromatic rings. The van der Waals surface area contributed by atoms with E-state index in [0.29, 0.717) is 5.56 Å². The van der Waals surface area contributed by atoms with Gasteiger partial charge in [0.1, 0.15) is 5.75 Å². The lowest BCUT2D eigenvalue weighted by molar-refractivity contribution is 0.0955. The SMILES string of the molecule is COc1ccc(/C=N/NC(=O)c2ccc(C(C)(C)C)cc2)c(C)c1C. The number of benzene rings is 2. The van der Waals surface area contributed by atoms with Gasteiger partial charge >= 0.3 is 0 Å². The lowest BCUT2D eigenvalue weighted by Crippen LogP contribution is -2.18. The van der Waals surface area contributed by atoms with Gasteiger partial charge in [-0.05, 0) is 65.8 Å². The number of amides is 1. The summed E-state index contributed by atoms with van der Waals surface area (Å²) in [4.78, 5) is 12.2. The molecule has 0 aliphatic heterocycles. The molecule has 25 heavy (non-hydrogen) atoms. The largest absolute Gasteiger partial charge is 0.496 e. The van der Waals surface area contributed by atoms with Crippen molar-refractivity contribution in [1.82, 2.24) is 5.43 Å². The Morgan fingerprint density at radius 3 is 2.24 bits per heavy atom. The van der Waals surface area contributed by atoms with Crippen molar-refractivity contribution in [3.05, 3.63) is 64.2 Å². The zero-order valence-electron chi connectivity index (χ0n) is 15.8. The Labute approximate surface area is 149 Å². The molecule has 0 atom stereocenters. The van der Waals surface area contributed by atoms with Crippen molar-refractivity contribution >= 4 is 12.1 Å². The van der Waals surface area contributed by atoms with Crippen LogP contribution in [-0.4, -0.2) is 19.2 Å². The molecule has 2 aromatic carbocycles. The van der Waals surface area contributed by atoms with Gasteiger partial charge in [-0.15, -0.1) is 0 Å². The minimum Gasteiger partial charge on any atom is -0.496 e. The number of ether oxygens (including phenoxy) is 1. The highest BCUT2D eigenvalue weighted by atomic mass is 16.5. The molecule has 0 unspecified atom stereocenters. The van der Waals surface area contributed by atoms with Crippen molar-refractivity contribution in [1.29, 1.82) is 0 Å². The molecule has 4 heteroatoms. The van der Waals surface area contributed by atoms with Gasteiger partial charge in [-0.1, -0.05) is 32.9 Å². The van der Waals surface area contributed by atoms with Gasteiger partial charge in [-0.2, -0.15) is 5.10 Å². The highest BCUT2D eigenvalue weighted by Gasteiger charge is 2.14. The Morgan fingerprint density at radius 1 is 1.04 bits per heavy atom. The van der Waals surface area contributed by atoms with Crippen LogP contribution in [0.3, 0.4) is 0 Å². The topological polar surface area (TPSA) is 50.7 Å². The van der Waals surface area contributed by atoms with Gasteiger partial charge in [0, 0.05) is 5.56 Å². The molecule has 0 aliphatic rings. The van der Waals surface area contributed by atoms with Crippen LogP contribution in [-0.2, 0) is 5.41 Å². The number of hydrazone groups is 1. The summed E-state index contributed by atoms with van der Waals surface area (Å²) in [6, 6.07) is 11.4. The normalized spacial score (nSPS) is 11.6. The van der Waals surface area contributed by atoms with E-state index in [1.54, 1.807) is 13.3 Å². The summed E-state index contributed by atoms with van der Waals surface area (Å²) in [5.74, 6) is 0.622. The maximum Gasteiger partial charge on any atom is 0.271 e. The van der Waals surface area contributed by atoms with E-state index >= 15 is 0 Å². The standard InChI is InChI=1S/C21H26N2O2/c1-14-15(2)19(25-6)12-9-17(14)13-22-23-20(24)16-7-10-18(11-8-16)21(3,4)5/h7-13H,1-6H3,(H,23,24)/b22-13+. The summed E-state index contributed by atoms with van der Waals surface area (Å²) in [5.41, 5.74) is 7.52. The monoisotopic (exact) mass is 338 g/mol. The minimum atomic E-state index is -0.223. The first kappa shape index (κ1) is 18.7. The first-order chi connectivity index (χ1) is 11.7. The zero-order chi connectivity index (χ0) is 18.6. The molecule has 0 heterocycles. The molecule has 0 aliphatic carbocycles. The number of nitrogens with zero attached hydrogens (tertiary/aromatic N) is 1. The first-order valence-corrected chi connectivity index (χ1v) is 8.32. The van der Waals surface area contributed by atoms with E-state index < -0.39 is 0 Å². The molecule has 0 spiro atoms. The molecular formula is C21H26N2O2. The molecule has 0 fully saturated rings. The number of methoxy groups -OCH3 is 1. The number of carbonyl (C=O) groups is 1. The summed E-state index contributed by atoms with van der Waals surface area (Å²) >= 11 is 0. The van der Waals surface area contributed by atoms with Crippen molar-refractivity contribution < 1.29 is 9.53 Å². The van der Waals surface area contributed by atoms with E-state index in [9.17, 15) is 4.79 Å². The quantitative estimate of drug-likeness (QED) is 0.664. The van der Waals surface area contributed by atoms with E-state index in [1.807, 2.05) is 50.2 Å². The Morgan fingerprint density at radius 2 is 1.68 bits per heavy atom. The van der Waals surface area contributed by atoms with Gasteiger partial charge in [0.2, 0.25) is 0 Å². The maximum atomic E-state index is 12.2. The van der Waals surface area contributed by atoms with Crippen molar-refractivity contribution in [2.75, 3.05) is 7.11 Å². The van der Waals surface area contributed by atoms with Gasteiger partial charge in [0.25, 0.3) is 5.91 Å². The summed E-state index contributed by atoms with van der Waals surface area (Å²) in [6.45, 7) is 10.4. The van der Waals surface area contributed by atoms with Gasteiger partial charge in [0.15, 0.2) is 0 Å². The lowest BCUT2D eigenvalue weighted by atomic mass is 9.87. The van der Waals surface area contributed by atoms with Crippen LogP contribution in [0.5, 0.6) is 5.75 Å². The van der Waals surface area contributed by atoms with E-state index in [-0.39, 0.29) is 11.3 Å². The van der Waals surface area contributed by atoms with Crippen molar-refractivity contribution in [2.45, 2.75) is 40.0 Å². The van der Waals surface area contributed by atoms with Crippen LogP contribution in [0.1, 0.15) is 53.4 Å². The fourth-order valence-corrected chi connectivity index (χ4v) is 2.52. The van der Waals surface area contributed by atoms with Crippen LogP contribution < -0.4 is 10.2 Å². The van der Waals surface area contributed by atoms with Gasteiger partial charge in [-0.3, -0.25) is 4.79 Å². The van der Waals surface area contributed by atoms with Crippen molar-refractivity contribution in [3.63, 3.8) is 0 Å². The summed E-state index contributed by atoms with van der Waals surface area (Å²) in [7, 11) is 1.65. The Balaban J connectivity index is 2.07. The van der Waals surface area contributed by atoms with Gasteiger partial charge in [0.05, 0.1) is 13.3 Å². The number of hydrogen-bond acceptors (Lipinski definition) is 3. The maximum absolute atomic E-state index is 12.2. The third kappa shape index (κ3) is 4.47. The third-order valence-corrected chi connectivity index (χ3v) is 4.38. The first-order valence-electron chi connectivity index (χ1n) is 8.32. The van der Waals surface area contributed by atoms with Crippen LogP contribution in [0.2, 0.25) is 0 Å². The smallest absolute Gasteiger partial charge is 0.271 e. The molecule has 0 aromatic heterocycles. The number of hydrogen-bond donors (Lipinski definition) is 1. The number of carbonyl (C=O) groups excluding carboxylic acids is 1. The second-order valence-electron chi connectivity index (χ2n) is 7.13. The van der Waals surface area contributed by atoms with E-state index in [1.165, 1.54) is 5.56 Å². The predicted octanol–water partition coefficient (Wildman–Crippen LogP) is 4.37. The highest BCUT2D eigenvalue weighted by molar-refractivity contribution is 5.95. The van der Waals surface area contributed by atoms with Crippen LogP contribution in [0.25, 0.3) is 0 Å². The number of rotatable bonds is 4. The van der Waals surface area contributed by atoms with Crippen LogP contribution in [0.15, 0.2) is 41.5 Å². The molecule has 0 radical (unpaired) electrons. The highest BCUT2D eigenvalue weighted by Crippen LogP contribution is 2.23. The van der Waals surface area contributed by atoms with E-state index in [2.05, 4.69) is 31.3 Å². The van der Waals surface area contributed by atoms with Gasteiger partial charge in [-0.25, -0.2) is 5.43 Å². The van der Waals surface area contributed by atoms with Gasteiger partial charge < -0.3 is 4.74 Å². The zero-order valence-corrected chi connectivity index (χ0v) is 15.8. The Bertz CT molecular complexity index is 785. The number of nitrogens with one attached hydrogen (secondary N) is 1. The molecule has 1 N–H and O–H groups in total. The molecule has 4 nitrogen and oxygen atoms in total. The third-order valence-electron chi connectivity index (χ3n) is 4.38. The summed E-state index contributed by atoms with van der Waals surface area (Å²) in [6.07, 6.45) is 1.66. The molecular weight excluding hydrogens is 312 g/mol. The van der Waals surface area contributed by atoms with E-state index in [4.69, 9.17) is 4.74 Å². The second kappa shape index (κ2) is 7.51. The Hall–Kier alpha value is -2.62. The van der Waals surface area contributed by atoms with E-state index in [0.717, 1.165) is 22.4 Å². The summed E-state index contributed by atoms with van der Waals surface area (Å²) in [5, 5.41) is 4.08. The van der Waals surface area contributed by atoms with Crippen LogP contribution in [0, 0.1) is 13.8 Å². The molecule has 0 saturated heterocycles. The van der Waals surface area contributed by atoms with Crippen molar-refractivity contribution in [3.8, 4) is 5.75 Å². The molecule has 132 valence electrons. The molecule has 0 bridgehead atoms. The molecule has 0 saturated carbocycles. The fraction of sp³-hybridized carbons (Fsp3) is 0.333. The predicted molar refractivity (Wildman–Crippen MR) is 103 cm³/mol. The summed E-state index contributed by atoms with van der Waals surface area (Å²) < 4.78 is 5.30.